The van der Waals surface area contributed by atoms with E-state index in [1.54, 1.807) is 13.3 Å². The van der Waals surface area contributed by atoms with Crippen LogP contribution in [-0.2, 0) is 0 Å². The van der Waals surface area contributed by atoms with E-state index in [-0.39, 0.29) is 0 Å². The number of halogens is 2. The van der Waals surface area contributed by atoms with Crippen LogP contribution in [-0.4, -0.2) is 12.1 Å². The van der Waals surface area contributed by atoms with Gasteiger partial charge in [-0.25, -0.2) is 0 Å². The summed E-state index contributed by atoms with van der Waals surface area (Å²) in [6, 6.07) is 3.69. The van der Waals surface area contributed by atoms with E-state index in [0.717, 1.165) is 26.7 Å². The molecule has 2 rings (SSSR count). The molecule has 0 N–H and O–H groups in total. The van der Waals surface area contributed by atoms with Gasteiger partial charge in [-0.3, -0.25) is 4.98 Å². The van der Waals surface area contributed by atoms with Crippen LogP contribution in [0.2, 0.25) is 5.02 Å². The van der Waals surface area contributed by atoms with Crippen LogP contribution >= 0.6 is 27.5 Å². The van der Waals surface area contributed by atoms with Gasteiger partial charge in [0.25, 0.3) is 0 Å². The molecule has 0 saturated carbocycles. The van der Waals surface area contributed by atoms with E-state index in [1.807, 2.05) is 19.1 Å². The minimum absolute atomic E-state index is 0.667. The van der Waals surface area contributed by atoms with E-state index in [9.17, 15) is 0 Å². The molecular weight excluding hydrogens is 277 g/mol. The maximum Gasteiger partial charge on any atom is 0.132 e. The van der Waals surface area contributed by atoms with Gasteiger partial charge in [-0.05, 0) is 35.0 Å². The molecule has 78 valence electrons. The molecule has 0 atom stereocenters. The predicted octanol–water partition coefficient (Wildman–Crippen LogP) is 3.97. The Morgan fingerprint density at radius 1 is 1.40 bits per heavy atom. The summed E-state index contributed by atoms with van der Waals surface area (Å²) in [5, 5.41) is 1.59. The second kappa shape index (κ2) is 3.99. The van der Waals surface area contributed by atoms with Gasteiger partial charge in [0, 0.05) is 26.6 Å². The third-order valence-corrected chi connectivity index (χ3v) is 3.05. The van der Waals surface area contributed by atoms with Crippen molar-refractivity contribution in [2.75, 3.05) is 7.11 Å². The summed E-state index contributed by atoms with van der Waals surface area (Å²) >= 11 is 9.42. The summed E-state index contributed by atoms with van der Waals surface area (Å²) in [4.78, 5) is 4.34. The van der Waals surface area contributed by atoms with Crippen molar-refractivity contribution >= 4 is 38.4 Å². The van der Waals surface area contributed by atoms with Gasteiger partial charge in [0.15, 0.2) is 0 Å². The molecule has 1 aromatic heterocycles. The Bertz CT molecular complexity index is 527. The van der Waals surface area contributed by atoms with Gasteiger partial charge in [0.1, 0.15) is 5.75 Å². The quantitative estimate of drug-likeness (QED) is 0.791. The fraction of sp³-hybridized carbons (Fsp3) is 0.182. The normalized spacial score (nSPS) is 10.7. The first-order chi connectivity index (χ1) is 7.13. The molecular formula is C11H9BrClNO. The maximum absolute atomic E-state index is 5.99. The highest BCUT2D eigenvalue weighted by Crippen LogP contribution is 2.34. The van der Waals surface area contributed by atoms with Gasteiger partial charge < -0.3 is 4.74 Å². The number of ether oxygens (including phenoxy) is 1. The summed E-state index contributed by atoms with van der Waals surface area (Å²) in [6.45, 7) is 1.96. The number of nitrogens with zero attached hydrogens (tertiary/aromatic N) is 1. The number of benzene rings is 1. The fourth-order valence-electron chi connectivity index (χ4n) is 1.57. The van der Waals surface area contributed by atoms with E-state index in [2.05, 4.69) is 20.9 Å². The Labute approximate surface area is 101 Å². The average Bonchev–Trinajstić information content (AvgIpc) is 2.17. The zero-order valence-electron chi connectivity index (χ0n) is 8.34. The van der Waals surface area contributed by atoms with Crippen LogP contribution in [0, 0.1) is 6.92 Å². The van der Waals surface area contributed by atoms with Crippen molar-refractivity contribution < 1.29 is 4.74 Å². The number of hydrogen-bond acceptors (Lipinski definition) is 2. The number of hydrogen-bond donors (Lipinski definition) is 0. The lowest BCUT2D eigenvalue weighted by atomic mass is 10.1. The van der Waals surface area contributed by atoms with Gasteiger partial charge in [-0.2, -0.15) is 0 Å². The first-order valence-electron chi connectivity index (χ1n) is 4.42. The van der Waals surface area contributed by atoms with Crippen LogP contribution in [0.5, 0.6) is 5.75 Å². The van der Waals surface area contributed by atoms with Crippen molar-refractivity contribution in [3.05, 3.63) is 33.4 Å². The zero-order chi connectivity index (χ0) is 11.0. The summed E-state index contributed by atoms with van der Waals surface area (Å²) in [5.74, 6) is 0.822. The Kier molecular flexibility index (Phi) is 2.85. The predicted molar refractivity (Wildman–Crippen MR) is 65.7 cm³/mol. The van der Waals surface area contributed by atoms with Gasteiger partial charge >= 0.3 is 0 Å². The molecule has 0 aliphatic rings. The number of aryl methyl sites for hydroxylation is 1. The third kappa shape index (κ3) is 1.82. The fourth-order valence-corrected chi connectivity index (χ4v) is 2.49. The first kappa shape index (κ1) is 10.7. The SMILES string of the molecule is COc1c(C)cnc2c(Br)cc(Cl)cc12. The second-order valence-electron chi connectivity index (χ2n) is 3.26. The molecule has 0 spiro atoms. The first-order valence-corrected chi connectivity index (χ1v) is 5.59. The van der Waals surface area contributed by atoms with Crippen molar-refractivity contribution in [2.45, 2.75) is 6.92 Å². The lowest BCUT2D eigenvalue weighted by Gasteiger charge is -2.09. The zero-order valence-corrected chi connectivity index (χ0v) is 10.7. The van der Waals surface area contributed by atoms with Gasteiger partial charge in [-0.1, -0.05) is 11.6 Å². The van der Waals surface area contributed by atoms with E-state index < -0.39 is 0 Å². The standard InChI is InChI=1S/C11H9BrClNO/c1-6-5-14-10-8(11(6)15-2)3-7(13)4-9(10)12/h3-5H,1-2H3. The van der Waals surface area contributed by atoms with E-state index in [4.69, 9.17) is 16.3 Å². The van der Waals surface area contributed by atoms with Crippen molar-refractivity contribution in [1.29, 1.82) is 0 Å². The van der Waals surface area contributed by atoms with E-state index in [1.165, 1.54) is 0 Å². The van der Waals surface area contributed by atoms with Crippen molar-refractivity contribution in [3.63, 3.8) is 0 Å². The van der Waals surface area contributed by atoms with Crippen molar-refractivity contribution in [1.82, 2.24) is 4.98 Å². The van der Waals surface area contributed by atoms with Crippen molar-refractivity contribution in [2.24, 2.45) is 0 Å². The average molecular weight is 287 g/mol. The Morgan fingerprint density at radius 3 is 2.80 bits per heavy atom. The number of fused-ring (bicyclic) bond motifs is 1. The molecule has 0 bridgehead atoms. The number of aromatic nitrogens is 1. The lowest BCUT2D eigenvalue weighted by molar-refractivity contribution is 0.416. The smallest absolute Gasteiger partial charge is 0.132 e. The molecule has 0 unspecified atom stereocenters. The van der Waals surface area contributed by atoms with E-state index >= 15 is 0 Å². The maximum atomic E-state index is 5.99. The largest absolute Gasteiger partial charge is 0.496 e. The molecule has 0 aliphatic carbocycles. The molecule has 0 fully saturated rings. The molecule has 0 saturated heterocycles. The van der Waals surface area contributed by atoms with Crippen LogP contribution in [0.1, 0.15) is 5.56 Å². The highest BCUT2D eigenvalue weighted by atomic mass is 79.9. The van der Waals surface area contributed by atoms with Crippen LogP contribution < -0.4 is 4.74 Å². The number of methoxy groups -OCH3 is 1. The van der Waals surface area contributed by atoms with Crippen LogP contribution in [0.25, 0.3) is 10.9 Å². The topological polar surface area (TPSA) is 22.1 Å². The molecule has 1 heterocycles. The summed E-state index contributed by atoms with van der Waals surface area (Å²) in [6.07, 6.45) is 1.79. The lowest BCUT2D eigenvalue weighted by Crippen LogP contribution is -1.91. The van der Waals surface area contributed by atoms with Gasteiger partial charge in [0.2, 0.25) is 0 Å². The minimum Gasteiger partial charge on any atom is -0.496 e. The van der Waals surface area contributed by atoms with Gasteiger partial charge in [0.05, 0.1) is 12.6 Å². The number of rotatable bonds is 1. The molecule has 0 amide bonds. The Morgan fingerprint density at radius 2 is 2.13 bits per heavy atom. The van der Waals surface area contributed by atoms with Gasteiger partial charge in [-0.15, -0.1) is 0 Å². The second-order valence-corrected chi connectivity index (χ2v) is 4.55. The minimum atomic E-state index is 0.667. The highest BCUT2D eigenvalue weighted by Gasteiger charge is 2.09. The van der Waals surface area contributed by atoms with Crippen LogP contribution in [0.4, 0.5) is 0 Å². The number of pyridine rings is 1. The molecule has 2 aromatic rings. The highest BCUT2D eigenvalue weighted by molar-refractivity contribution is 9.10. The summed E-state index contributed by atoms with van der Waals surface area (Å²) in [7, 11) is 1.65. The van der Waals surface area contributed by atoms with Crippen LogP contribution in [0.15, 0.2) is 22.8 Å². The van der Waals surface area contributed by atoms with Crippen molar-refractivity contribution in [3.8, 4) is 5.75 Å². The molecule has 4 heteroatoms. The van der Waals surface area contributed by atoms with Crippen LogP contribution in [0.3, 0.4) is 0 Å². The molecule has 0 radical (unpaired) electrons. The van der Waals surface area contributed by atoms with E-state index in [0.29, 0.717) is 5.02 Å². The Balaban J connectivity index is 2.91. The summed E-state index contributed by atoms with van der Waals surface area (Å²) in [5.41, 5.74) is 1.86. The Hall–Kier alpha value is -0.800. The molecule has 15 heavy (non-hydrogen) atoms. The summed E-state index contributed by atoms with van der Waals surface area (Å²) < 4.78 is 6.23. The molecule has 0 aliphatic heterocycles. The molecule has 1 aromatic carbocycles. The monoisotopic (exact) mass is 285 g/mol. The molecule has 2 nitrogen and oxygen atoms in total. The third-order valence-electron chi connectivity index (χ3n) is 2.22.